The molecule has 1 aromatic carbocycles. The lowest BCUT2D eigenvalue weighted by Crippen LogP contribution is -2.13. The lowest BCUT2D eigenvalue weighted by atomic mass is 10.3. The molecule has 1 atom stereocenters. The third-order valence-corrected chi connectivity index (χ3v) is 1.89. The second-order valence-corrected chi connectivity index (χ2v) is 3.36. The van der Waals surface area contributed by atoms with Crippen molar-refractivity contribution in [1.82, 2.24) is 5.32 Å². The van der Waals surface area contributed by atoms with Gasteiger partial charge in [-0.3, -0.25) is 0 Å². The van der Waals surface area contributed by atoms with Crippen LogP contribution in [0.4, 0.5) is 0 Å². The van der Waals surface area contributed by atoms with E-state index in [1.54, 1.807) is 6.20 Å². The van der Waals surface area contributed by atoms with Crippen molar-refractivity contribution in [3.8, 4) is 5.75 Å². The van der Waals surface area contributed by atoms with Crippen molar-refractivity contribution < 1.29 is 4.74 Å². The first-order valence-corrected chi connectivity index (χ1v) is 5.37. The lowest BCUT2D eigenvalue weighted by molar-refractivity contribution is 0.233. The van der Waals surface area contributed by atoms with E-state index in [-0.39, 0.29) is 6.23 Å². The molecule has 0 aromatic heterocycles. The molecular weight excluding hydrogens is 214 g/mol. The van der Waals surface area contributed by atoms with Gasteiger partial charge in [-0.25, -0.2) is 9.98 Å². The smallest absolute Gasteiger partial charge is 0.188 e. The first-order chi connectivity index (χ1) is 8.22. The van der Waals surface area contributed by atoms with E-state index in [1.165, 1.54) is 6.34 Å². The molecule has 1 unspecified atom stereocenters. The highest BCUT2D eigenvalue weighted by atomic mass is 16.5. The fourth-order valence-corrected chi connectivity index (χ4v) is 1.13. The number of nitrogens with zero attached hydrogens (tertiary/aromatic N) is 2. The van der Waals surface area contributed by atoms with Gasteiger partial charge in [-0.05, 0) is 32.2 Å². The summed E-state index contributed by atoms with van der Waals surface area (Å²) in [5.41, 5.74) is 0. The van der Waals surface area contributed by atoms with Gasteiger partial charge < -0.3 is 10.1 Å². The average Bonchev–Trinajstić information content (AvgIpc) is 2.30. The second kappa shape index (κ2) is 7.22. The standard InChI is InChI=1S/C13H17N3O/c1-4-14-11(2)15-10-16-12(3)17-13-8-6-5-7-9-13/h4-10,12H,1H2,2-3H3,(H,14,15,16). The Balaban J connectivity index is 2.44. The Hall–Kier alpha value is -2.10. The predicted molar refractivity (Wildman–Crippen MR) is 71.5 cm³/mol. The topological polar surface area (TPSA) is 46.0 Å². The number of para-hydroxylation sites is 1. The highest BCUT2D eigenvalue weighted by Crippen LogP contribution is 2.10. The normalized spacial score (nSPS) is 13.4. The average molecular weight is 231 g/mol. The van der Waals surface area contributed by atoms with E-state index in [2.05, 4.69) is 21.9 Å². The molecule has 1 N–H and O–H groups in total. The monoisotopic (exact) mass is 231 g/mol. The predicted octanol–water partition coefficient (Wildman–Crippen LogP) is 2.59. The van der Waals surface area contributed by atoms with Crippen LogP contribution in [-0.4, -0.2) is 18.4 Å². The Bertz CT molecular complexity index is 398. The minimum absolute atomic E-state index is 0.266. The van der Waals surface area contributed by atoms with Crippen LogP contribution in [0.15, 0.2) is 53.1 Å². The molecule has 0 amide bonds. The zero-order valence-electron chi connectivity index (χ0n) is 10.1. The highest BCUT2D eigenvalue weighted by Gasteiger charge is 1.98. The van der Waals surface area contributed by atoms with Crippen LogP contribution in [0.25, 0.3) is 0 Å². The number of ether oxygens (including phenoxy) is 1. The summed E-state index contributed by atoms with van der Waals surface area (Å²) in [7, 11) is 0. The molecule has 4 nitrogen and oxygen atoms in total. The van der Waals surface area contributed by atoms with Crippen molar-refractivity contribution in [3.05, 3.63) is 43.1 Å². The number of hydrogen-bond acceptors (Lipinski definition) is 2. The van der Waals surface area contributed by atoms with Gasteiger partial charge in [0.1, 0.15) is 17.9 Å². The van der Waals surface area contributed by atoms with Gasteiger partial charge in [0, 0.05) is 0 Å². The van der Waals surface area contributed by atoms with Crippen LogP contribution in [0.1, 0.15) is 13.8 Å². The van der Waals surface area contributed by atoms with Crippen LogP contribution in [0, 0.1) is 0 Å². The number of amidine groups is 1. The maximum atomic E-state index is 5.55. The maximum Gasteiger partial charge on any atom is 0.188 e. The molecule has 0 saturated carbocycles. The summed E-state index contributed by atoms with van der Waals surface area (Å²) in [6.45, 7) is 7.22. The summed E-state index contributed by atoms with van der Waals surface area (Å²) in [6.07, 6.45) is 2.77. The quantitative estimate of drug-likeness (QED) is 0.625. The van der Waals surface area contributed by atoms with Gasteiger partial charge in [0.2, 0.25) is 0 Å². The fraction of sp³-hybridized carbons (Fsp3) is 0.231. The van der Waals surface area contributed by atoms with Crippen molar-refractivity contribution in [2.24, 2.45) is 9.98 Å². The molecule has 0 aliphatic carbocycles. The van der Waals surface area contributed by atoms with Gasteiger partial charge in [-0.15, -0.1) is 0 Å². The minimum Gasteiger partial charge on any atom is -0.469 e. The van der Waals surface area contributed by atoms with E-state index in [1.807, 2.05) is 44.2 Å². The molecule has 0 saturated heterocycles. The first-order valence-electron chi connectivity index (χ1n) is 5.37. The number of hydrogen-bond donors (Lipinski definition) is 1. The van der Waals surface area contributed by atoms with Crippen LogP contribution in [0.5, 0.6) is 5.75 Å². The van der Waals surface area contributed by atoms with E-state index < -0.39 is 0 Å². The number of nitrogens with one attached hydrogen (secondary N) is 1. The Kier molecular flexibility index (Phi) is 5.51. The van der Waals surface area contributed by atoms with Gasteiger partial charge in [0.25, 0.3) is 0 Å². The summed E-state index contributed by atoms with van der Waals surface area (Å²) >= 11 is 0. The van der Waals surface area contributed by atoms with E-state index in [0.717, 1.165) is 11.6 Å². The Morgan fingerprint density at radius 2 is 2.12 bits per heavy atom. The molecular formula is C13H17N3O. The van der Waals surface area contributed by atoms with Crippen LogP contribution in [-0.2, 0) is 0 Å². The van der Waals surface area contributed by atoms with E-state index in [0.29, 0.717) is 0 Å². The first kappa shape index (κ1) is 13.0. The summed E-state index contributed by atoms with van der Waals surface area (Å²) in [6, 6.07) is 9.55. The van der Waals surface area contributed by atoms with Crippen LogP contribution in [0.3, 0.4) is 0 Å². The molecule has 1 rings (SSSR count). The SMILES string of the molecule is C=CN/C(C)=N/C=N\C(C)Oc1ccccc1. The highest BCUT2D eigenvalue weighted by molar-refractivity contribution is 5.87. The van der Waals surface area contributed by atoms with Crippen molar-refractivity contribution in [1.29, 1.82) is 0 Å². The maximum absolute atomic E-state index is 5.55. The molecule has 0 bridgehead atoms. The molecule has 4 heteroatoms. The van der Waals surface area contributed by atoms with Crippen molar-refractivity contribution >= 4 is 12.2 Å². The molecule has 0 fully saturated rings. The molecule has 0 aliphatic heterocycles. The summed E-state index contributed by atoms with van der Waals surface area (Å²) in [5, 5.41) is 2.85. The molecule has 1 aromatic rings. The molecule has 0 radical (unpaired) electrons. The Morgan fingerprint density at radius 1 is 1.41 bits per heavy atom. The number of aliphatic imine (C=N–C) groups is 2. The van der Waals surface area contributed by atoms with Crippen molar-refractivity contribution in [3.63, 3.8) is 0 Å². The van der Waals surface area contributed by atoms with Gasteiger partial charge in [0.15, 0.2) is 6.23 Å². The molecule has 0 heterocycles. The second-order valence-electron chi connectivity index (χ2n) is 3.36. The minimum atomic E-state index is -0.266. The summed E-state index contributed by atoms with van der Waals surface area (Å²) < 4.78 is 5.55. The molecule has 17 heavy (non-hydrogen) atoms. The lowest BCUT2D eigenvalue weighted by Gasteiger charge is -2.09. The third-order valence-electron chi connectivity index (χ3n) is 1.89. The molecule has 90 valence electrons. The largest absolute Gasteiger partial charge is 0.469 e. The van der Waals surface area contributed by atoms with Crippen LogP contribution in [0.2, 0.25) is 0 Å². The zero-order valence-corrected chi connectivity index (χ0v) is 10.1. The van der Waals surface area contributed by atoms with Crippen LogP contribution < -0.4 is 10.1 Å². The molecule has 0 spiro atoms. The number of benzene rings is 1. The van der Waals surface area contributed by atoms with Crippen molar-refractivity contribution in [2.75, 3.05) is 0 Å². The van der Waals surface area contributed by atoms with E-state index >= 15 is 0 Å². The van der Waals surface area contributed by atoms with Crippen molar-refractivity contribution in [2.45, 2.75) is 20.1 Å². The van der Waals surface area contributed by atoms with E-state index in [9.17, 15) is 0 Å². The third kappa shape index (κ3) is 5.51. The van der Waals surface area contributed by atoms with Gasteiger partial charge in [0.05, 0.1) is 0 Å². The van der Waals surface area contributed by atoms with Crippen LogP contribution >= 0.6 is 0 Å². The summed E-state index contributed by atoms with van der Waals surface area (Å²) in [4.78, 5) is 8.19. The number of rotatable bonds is 5. The van der Waals surface area contributed by atoms with Gasteiger partial charge in [-0.1, -0.05) is 24.8 Å². The van der Waals surface area contributed by atoms with E-state index in [4.69, 9.17) is 4.74 Å². The Morgan fingerprint density at radius 3 is 2.76 bits per heavy atom. The zero-order chi connectivity index (χ0) is 12.5. The fourth-order valence-electron chi connectivity index (χ4n) is 1.13. The molecule has 0 aliphatic rings. The van der Waals surface area contributed by atoms with Gasteiger partial charge in [-0.2, -0.15) is 0 Å². The summed E-state index contributed by atoms with van der Waals surface area (Å²) in [5.74, 6) is 1.53. The van der Waals surface area contributed by atoms with Gasteiger partial charge >= 0.3 is 0 Å². The Labute approximate surface area is 102 Å².